The molecular weight excluding hydrogens is 395 g/mol. The third-order valence-electron chi connectivity index (χ3n) is 6.98. The van der Waals surface area contributed by atoms with Crippen LogP contribution in [-0.4, -0.2) is 22.5 Å². The molecule has 1 unspecified atom stereocenters. The van der Waals surface area contributed by atoms with Crippen molar-refractivity contribution in [3.05, 3.63) is 28.8 Å². The highest BCUT2D eigenvalue weighted by atomic mass is 35.5. The second-order valence-corrected chi connectivity index (χ2v) is 9.88. The van der Waals surface area contributed by atoms with Gasteiger partial charge in [-0.15, -0.1) is 0 Å². The number of hydrogen-bond donors (Lipinski definition) is 2. The maximum Gasteiger partial charge on any atom is 0.524 e. The quantitative estimate of drug-likeness (QED) is 0.570. The number of methoxy groups -OCH3 is 1. The van der Waals surface area contributed by atoms with E-state index in [0.29, 0.717) is 17.4 Å². The van der Waals surface area contributed by atoms with E-state index in [2.05, 4.69) is 0 Å². The van der Waals surface area contributed by atoms with E-state index < -0.39 is 19.2 Å². The molecule has 2 N–H and O–H groups in total. The minimum absolute atomic E-state index is 0.103. The number of ether oxygens (including phenoxy) is 1. The molecule has 1 spiro atoms. The topological polar surface area (TPSA) is 94.5 Å². The number of hydrogen-bond acceptors (Lipinski definition) is 5. The van der Waals surface area contributed by atoms with Gasteiger partial charge in [-0.1, -0.05) is 17.7 Å². The second-order valence-electron chi connectivity index (χ2n) is 8.31. The standard InChI is InChI=1S/C18H22ClO7P/c1-23-18(12-2-3-15(19)16(9-12)24-27(20,21)22)17(25-26-18)13-5-10-4-11(7-13)8-14(17)6-10/h2-3,9-11,13-14H,4-8H2,1H3,(H2,20,21,22). The normalized spacial score (nSPS) is 42.4. The van der Waals surface area contributed by atoms with E-state index in [1.807, 2.05) is 0 Å². The molecule has 1 aromatic carbocycles. The fourth-order valence-electron chi connectivity index (χ4n) is 6.26. The molecule has 1 atom stereocenters. The fourth-order valence-corrected chi connectivity index (χ4v) is 6.88. The average molecular weight is 417 g/mol. The molecule has 5 fully saturated rings. The molecule has 27 heavy (non-hydrogen) atoms. The predicted molar refractivity (Wildman–Crippen MR) is 94.8 cm³/mol. The van der Waals surface area contributed by atoms with E-state index in [0.717, 1.165) is 37.5 Å². The van der Waals surface area contributed by atoms with Crippen LogP contribution in [0.5, 0.6) is 5.75 Å². The first-order valence-corrected chi connectivity index (χ1v) is 11.2. The molecule has 1 saturated heterocycles. The Bertz CT molecular complexity index is 792. The van der Waals surface area contributed by atoms with Crippen molar-refractivity contribution >= 4 is 19.4 Å². The first-order chi connectivity index (χ1) is 12.8. The summed E-state index contributed by atoms with van der Waals surface area (Å²) in [7, 11) is -3.17. The Morgan fingerprint density at radius 2 is 1.74 bits per heavy atom. The Morgan fingerprint density at radius 1 is 1.11 bits per heavy atom. The lowest BCUT2D eigenvalue weighted by molar-refractivity contribution is -0.645. The molecule has 7 nitrogen and oxygen atoms in total. The molecule has 4 aliphatic carbocycles. The summed E-state index contributed by atoms with van der Waals surface area (Å²) in [6.07, 6.45) is 5.70. The van der Waals surface area contributed by atoms with Gasteiger partial charge in [-0.05, 0) is 67.9 Å². The van der Waals surface area contributed by atoms with Gasteiger partial charge in [0, 0.05) is 12.7 Å². The summed E-state index contributed by atoms with van der Waals surface area (Å²) >= 11 is 6.07. The SMILES string of the molecule is COC1(c2ccc(Cl)c(OP(=O)(O)O)c2)OOC12C1CC3CC(C1)CC2C3. The third-order valence-corrected chi connectivity index (χ3v) is 7.73. The lowest BCUT2D eigenvalue weighted by Gasteiger charge is -2.68. The van der Waals surface area contributed by atoms with Crippen molar-refractivity contribution in [3.63, 3.8) is 0 Å². The van der Waals surface area contributed by atoms with Crippen molar-refractivity contribution in [1.82, 2.24) is 0 Å². The van der Waals surface area contributed by atoms with Crippen LogP contribution in [0.2, 0.25) is 5.02 Å². The Kier molecular flexibility index (Phi) is 4.03. The highest BCUT2D eigenvalue weighted by Crippen LogP contribution is 2.69. The van der Waals surface area contributed by atoms with Crippen LogP contribution in [0.4, 0.5) is 0 Å². The molecule has 0 radical (unpaired) electrons. The smallest absolute Gasteiger partial charge is 0.403 e. The van der Waals surface area contributed by atoms with Gasteiger partial charge in [0.25, 0.3) is 5.79 Å². The van der Waals surface area contributed by atoms with E-state index in [4.69, 9.17) is 40.4 Å². The predicted octanol–water partition coefficient (Wildman–Crippen LogP) is 3.77. The Morgan fingerprint density at radius 3 is 2.22 bits per heavy atom. The highest BCUT2D eigenvalue weighted by Gasteiger charge is 2.76. The van der Waals surface area contributed by atoms with Crippen LogP contribution in [0, 0.1) is 23.7 Å². The molecule has 1 aromatic rings. The summed E-state index contributed by atoms with van der Waals surface area (Å²) in [5.41, 5.74) is 0.0131. The summed E-state index contributed by atoms with van der Waals surface area (Å²) in [6.45, 7) is 0. The first-order valence-electron chi connectivity index (χ1n) is 9.24. The summed E-state index contributed by atoms with van der Waals surface area (Å²) in [5, 5.41) is 0.104. The highest BCUT2D eigenvalue weighted by molar-refractivity contribution is 7.46. The summed E-state index contributed by atoms with van der Waals surface area (Å²) in [6, 6.07) is 4.77. The zero-order chi connectivity index (χ0) is 19.0. The van der Waals surface area contributed by atoms with E-state index in [1.165, 1.54) is 18.6 Å². The van der Waals surface area contributed by atoms with Gasteiger partial charge in [0.1, 0.15) is 0 Å². The van der Waals surface area contributed by atoms with Crippen LogP contribution in [0.15, 0.2) is 18.2 Å². The average Bonchev–Trinajstić information content (AvgIpc) is 2.56. The number of phosphoric ester groups is 1. The number of benzene rings is 1. The summed E-state index contributed by atoms with van der Waals surface area (Å²) in [5.74, 6) is 0.931. The molecule has 148 valence electrons. The van der Waals surface area contributed by atoms with Gasteiger partial charge < -0.3 is 9.26 Å². The third kappa shape index (κ3) is 2.50. The molecule has 4 saturated carbocycles. The number of halogens is 1. The molecule has 5 aliphatic rings. The minimum Gasteiger partial charge on any atom is -0.403 e. The van der Waals surface area contributed by atoms with E-state index in [-0.39, 0.29) is 10.8 Å². The van der Waals surface area contributed by atoms with E-state index in [9.17, 15) is 4.57 Å². The molecule has 9 heteroatoms. The second kappa shape index (κ2) is 5.92. The van der Waals surface area contributed by atoms with Gasteiger partial charge in [-0.2, -0.15) is 4.89 Å². The molecular formula is C18H22ClO7P. The Labute approximate surface area is 162 Å². The van der Waals surface area contributed by atoms with Crippen molar-refractivity contribution in [1.29, 1.82) is 0 Å². The van der Waals surface area contributed by atoms with Gasteiger partial charge in [0.05, 0.1) is 5.02 Å². The van der Waals surface area contributed by atoms with Crippen LogP contribution in [0.1, 0.15) is 37.7 Å². The molecule has 1 heterocycles. The van der Waals surface area contributed by atoms with Gasteiger partial charge in [-0.3, -0.25) is 9.79 Å². The number of phosphoric acid groups is 1. The van der Waals surface area contributed by atoms with Crippen LogP contribution < -0.4 is 4.52 Å². The number of rotatable bonds is 4. The van der Waals surface area contributed by atoms with Gasteiger partial charge >= 0.3 is 7.82 Å². The zero-order valence-corrected chi connectivity index (χ0v) is 16.5. The van der Waals surface area contributed by atoms with Crippen molar-refractivity contribution < 1.29 is 33.4 Å². The Hall–Kier alpha value is -0.660. The van der Waals surface area contributed by atoms with Gasteiger partial charge in [0.15, 0.2) is 11.4 Å². The van der Waals surface area contributed by atoms with Crippen LogP contribution in [-0.2, 0) is 24.9 Å². The van der Waals surface area contributed by atoms with E-state index in [1.54, 1.807) is 13.2 Å². The Balaban J connectivity index is 1.57. The minimum atomic E-state index is -4.74. The fraction of sp³-hybridized carbons (Fsp3) is 0.667. The monoisotopic (exact) mass is 416 g/mol. The van der Waals surface area contributed by atoms with Crippen LogP contribution in [0.3, 0.4) is 0 Å². The molecule has 1 aliphatic heterocycles. The lowest BCUT2D eigenvalue weighted by atomic mass is 9.47. The van der Waals surface area contributed by atoms with E-state index >= 15 is 0 Å². The van der Waals surface area contributed by atoms with Crippen molar-refractivity contribution in [2.45, 2.75) is 43.5 Å². The summed E-state index contributed by atoms with van der Waals surface area (Å²) in [4.78, 5) is 29.9. The largest absolute Gasteiger partial charge is 0.524 e. The van der Waals surface area contributed by atoms with Crippen molar-refractivity contribution in [3.8, 4) is 5.75 Å². The molecule has 0 aromatic heterocycles. The zero-order valence-electron chi connectivity index (χ0n) is 14.8. The van der Waals surface area contributed by atoms with Gasteiger partial charge in [-0.25, -0.2) is 9.45 Å². The molecule has 6 rings (SSSR count). The maximum absolute atomic E-state index is 11.3. The first kappa shape index (κ1) is 18.4. The lowest BCUT2D eigenvalue weighted by Crippen LogP contribution is -2.76. The van der Waals surface area contributed by atoms with Gasteiger partial charge in [0.2, 0.25) is 0 Å². The molecule has 0 amide bonds. The molecule has 4 bridgehead atoms. The van der Waals surface area contributed by atoms with Crippen LogP contribution >= 0.6 is 19.4 Å². The van der Waals surface area contributed by atoms with Crippen LogP contribution in [0.25, 0.3) is 0 Å². The van der Waals surface area contributed by atoms with Crippen molar-refractivity contribution in [2.75, 3.05) is 7.11 Å². The summed E-state index contributed by atoms with van der Waals surface area (Å²) < 4.78 is 22.0. The maximum atomic E-state index is 11.3. The van der Waals surface area contributed by atoms with Crippen molar-refractivity contribution in [2.24, 2.45) is 23.7 Å².